The van der Waals surface area contributed by atoms with Gasteiger partial charge in [0.1, 0.15) is 100.0 Å². The fourth-order valence-corrected chi connectivity index (χ4v) is 5.55. The monoisotopic (exact) mass is 536 g/mol. The van der Waals surface area contributed by atoms with Crippen molar-refractivity contribution < 1.29 is 4.79 Å². The van der Waals surface area contributed by atoms with Crippen LogP contribution in [0.5, 0.6) is 0 Å². The number of allylic oxidation sites excluding steroid dienone is 4. The molecular formula is C29H12B12N2O. The fraction of sp³-hybridized carbons (Fsp3) is 0.103. The van der Waals surface area contributed by atoms with Crippen molar-refractivity contribution in [2.45, 2.75) is 20.3 Å². The Hall–Kier alpha value is -3.20. The molecule has 3 aromatic carbocycles. The largest absolute Gasteiger partial charge is 0.295 e. The van der Waals surface area contributed by atoms with Crippen LogP contribution < -0.4 is 59.6 Å². The summed E-state index contributed by atoms with van der Waals surface area (Å²) in [4.78, 5) is 19.8. The van der Waals surface area contributed by atoms with E-state index < -0.39 is 5.78 Å². The molecule has 1 aliphatic carbocycles. The number of rotatable bonds is 4. The number of hydrogen-bond donors (Lipinski definition) is 0. The molecule has 0 fully saturated rings. The molecule has 0 N–H and O–H groups in total. The lowest BCUT2D eigenvalue weighted by Gasteiger charge is -2.31. The van der Waals surface area contributed by atoms with Crippen molar-refractivity contribution in [3.8, 4) is 0 Å². The molecule has 1 aliphatic rings. The third kappa shape index (κ3) is 4.60. The van der Waals surface area contributed by atoms with E-state index in [4.69, 9.17) is 99.1 Å². The molecule has 0 amide bonds. The second kappa shape index (κ2) is 11.6. The molecule has 24 radical (unpaired) electrons. The molecule has 1 aromatic heterocycles. The summed E-state index contributed by atoms with van der Waals surface area (Å²) in [5.74, 6) is -0.139. The van der Waals surface area contributed by atoms with Crippen molar-refractivity contribution in [1.82, 2.24) is 9.55 Å². The molecule has 5 rings (SSSR count). The van der Waals surface area contributed by atoms with Crippen LogP contribution in [-0.2, 0) is 11.2 Å². The van der Waals surface area contributed by atoms with Crippen LogP contribution in [0.3, 0.4) is 0 Å². The second-order valence-electron chi connectivity index (χ2n) is 10.5. The maximum atomic E-state index is 15.0. The van der Waals surface area contributed by atoms with Crippen molar-refractivity contribution >= 4 is 171 Å². The quantitative estimate of drug-likeness (QED) is 0.193. The van der Waals surface area contributed by atoms with Gasteiger partial charge in [-0.1, -0.05) is 53.3 Å². The van der Waals surface area contributed by atoms with E-state index in [1.54, 1.807) is 11.5 Å². The molecule has 4 aromatic rings. The van der Waals surface area contributed by atoms with E-state index >= 15 is 4.79 Å². The number of carbonyl (C=O) groups excluding carboxylic acids is 1. The van der Waals surface area contributed by atoms with Gasteiger partial charge in [0.25, 0.3) is 0 Å². The summed E-state index contributed by atoms with van der Waals surface area (Å²) >= 11 is 0. The highest BCUT2D eigenvalue weighted by Crippen LogP contribution is 2.31. The first kappa shape index (κ1) is 32.2. The first-order valence-corrected chi connectivity index (χ1v) is 13.4. The second-order valence-corrected chi connectivity index (χ2v) is 10.5. The van der Waals surface area contributed by atoms with Gasteiger partial charge >= 0.3 is 0 Å². The number of carbonyl (C=O) groups is 1. The van der Waals surface area contributed by atoms with Crippen molar-refractivity contribution in [2.75, 3.05) is 0 Å². The van der Waals surface area contributed by atoms with Gasteiger partial charge in [0.15, 0.2) is 5.78 Å². The maximum Gasteiger partial charge on any atom is 0.195 e. The highest BCUT2D eigenvalue weighted by molar-refractivity contribution is 6.69. The predicted molar refractivity (Wildman–Crippen MR) is 193 cm³/mol. The van der Waals surface area contributed by atoms with Crippen LogP contribution >= 0.6 is 0 Å². The zero-order valence-electron chi connectivity index (χ0n) is 24.2. The lowest BCUT2D eigenvalue weighted by molar-refractivity contribution is -0.110. The van der Waals surface area contributed by atoms with Crippen LogP contribution in [0.2, 0.25) is 0 Å². The molecule has 0 atom stereocenters. The zero-order chi connectivity index (χ0) is 32.5. The molecule has 0 spiro atoms. The molecule has 0 saturated heterocycles. The average molecular weight is 534 g/mol. The molecule has 44 heavy (non-hydrogen) atoms. The summed E-state index contributed by atoms with van der Waals surface area (Å²) in [7, 11) is 76.8. The topological polar surface area (TPSA) is 34.9 Å². The number of benzene rings is 3. The number of hydrogen-bond acceptors (Lipinski definition) is 2. The third-order valence-corrected chi connectivity index (χ3v) is 7.94. The summed E-state index contributed by atoms with van der Waals surface area (Å²) in [6, 6.07) is 7.32. The molecule has 0 bridgehead atoms. The SMILES string of the molecule is [B]/C(C)=C([B])/C([B])=C1\C(=O)C(c2c([B])c([B])c([B])c([B])c2[B])=c2c([B])c([B])c([B])c([B])c2=C1n1c(CC)nc2ccccc21. The van der Waals surface area contributed by atoms with E-state index in [1.807, 2.05) is 31.2 Å². The van der Waals surface area contributed by atoms with E-state index in [9.17, 15) is 0 Å². The zero-order valence-corrected chi connectivity index (χ0v) is 24.2. The molecule has 15 heteroatoms. The standard InChI is InChI=1S/C29H12B12N2O/c1-3-11-42-9-6-4-5-7-10(9)43(11)28-15-12(18(32)23(37)26(40)21(15)35)13(29(44)16(28)22(36)17(31)8(2)30)14-19(33)24(38)27(41)25(39)20(14)34/h4-7H,3H2,1-2H3/b17-8-,22-16+. The minimum atomic E-state index is -0.703. The maximum absolute atomic E-state index is 15.0. The number of nitrogens with zero attached hydrogens (tertiary/aromatic N) is 2. The normalized spacial score (nSPS) is 15.0. The molecule has 3 nitrogen and oxygen atoms in total. The number of ketones is 1. The average Bonchev–Trinajstić information content (AvgIpc) is 3.38. The Labute approximate surface area is 273 Å². The van der Waals surface area contributed by atoms with Gasteiger partial charge in [0.05, 0.1) is 16.7 Å². The highest BCUT2D eigenvalue weighted by atomic mass is 16.1. The number of para-hydroxylation sites is 2. The lowest BCUT2D eigenvalue weighted by Crippen LogP contribution is -2.67. The van der Waals surface area contributed by atoms with E-state index in [0.29, 0.717) is 23.3 Å². The van der Waals surface area contributed by atoms with Crippen LogP contribution in [0.1, 0.15) is 25.2 Å². The van der Waals surface area contributed by atoms with Gasteiger partial charge in [0.2, 0.25) is 0 Å². The van der Waals surface area contributed by atoms with E-state index in [0.717, 1.165) is 0 Å². The van der Waals surface area contributed by atoms with Gasteiger partial charge in [-0.15, -0.1) is 38.3 Å². The summed E-state index contributed by atoms with van der Waals surface area (Å²) in [6.45, 7) is 3.45. The Balaban J connectivity index is 2.26. The number of Topliss-reactive ketones (excluding diaryl/α,β-unsaturated/α-hetero) is 1. The minimum absolute atomic E-state index is 0.00242. The molecule has 180 valence electrons. The van der Waals surface area contributed by atoms with Crippen LogP contribution in [0.15, 0.2) is 46.3 Å². The molecule has 0 saturated carbocycles. The van der Waals surface area contributed by atoms with Gasteiger partial charge in [-0.25, -0.2) is 4.98 Å². The van der Waals surface area contributed by atoms with Crippen molar-refractivity contribution in [3.63, 3.8) is 0 Å². The molecule has 1 heterocycles. The molecule has 0 aliphatic heterocycles. The molecule has 0 unspecified atom stereocenters. The van der Waals surface area contributed by atoms with E-state index in [2.05, 4.69) is 0 Å². The Morgan fingerprint density at radius 1 is 0.727 bits per heavy atom. The van der Waals surface area contributed by atoms with Gasteiger partial charge < -0.3 is 0 Å². The third-order valence-electron chi connectivity index (χ3n) is 7.94. The predicted octanol–water partition coefficient (Wildman–Crippen LogP) is -7.83. The van der Waals surface area contributed by atoms with Crippen LogP contribution in [0.4, 0.5) is 0 Å². The van der Waals surface area contributed by atoms with Crippen molar-refractivity contribution in [1.29, 1.82) is 0 Å². The van der Waals surface area contributed by atoms with Crippen molar-refractivity contribution in [2.24, 2.45) is 0 Å². The number of aryl methyl sites for hydroxylation is 1. The number of fused-ring (bicyclic) bond motifs is 2. The first-order valence-electron chi connectivity index (χ1n) is 13.4. The Kier molecular flexibility index (Phi) is 8.51. The fourth-order valence-electron chi connectivity index (χ4n) is 5.55. The Bertz CT molecular complexity index is 2130. The van der Waals surface area contributed by atoms with Crippen LogP contribution in [0.25, 0.3) is 22.3 Å². The van der Waals surface area contributed by atoms with Gasteiger partial charge in [-0.2, -0.15) is 0 Å². The highest BCUT2D eigenvalue weighted by Gasteiger charge is 2.34. The summed E-state index contributed by atoms with van der Waals surface area (Å²) in [5.41, 5.74) is 0.473. The van der Waals surface area contributed by atoms with Crippen LogP contribution in [-0.4, -0.2) is 109 Å². The number of imidazole rings is 1. The lowest BCUT2D eigenvalue weighted by atomic mass is 9.57. The molecular weight excluding hydrogens is 522 g/mol. The van der Waals surface area contributed by atoms with E-state index in [-0.39, 0.29) is 98.4 Å². The van der Waals surface area contributed by atoms with Gasteiger partial charge in [0, 0.05) is 17.6 Å². The Morgan fingerprint density at radius 2 is 1.23 bits per heavy atom. The van der Waals surface area contributed by atoms with Gasteiger partial charge in [-0.3, -0.25) is 9.36 Å². The van der Waals surface area contributed by atoms with E-state index in [1.165, 1.54) is 0 Å². The van der Waals surface area contributed by atoms with Crippen LogP contribution in [0, 0.1) is 0 Å². The summed E-state index contributed by atoms with van der Waals surface area (Å²) in [5, 5.41) is 0.287. The first-order chi connectivity index (χ1) is 20.7. The Morgan fingerprint density at radius 3 is 1.77 bits per heavy atom. The van der Waals surface area contributed by atoms with Gasteiger partial charge in [-0.05, 0) is 28.1 Å². The summed E-state index contributed by atoms with van der Waals surface area (Å²) in [6.07, 6.45) is 0.442. The smallest absolute Gasteiger partial charge is 0.195 e. The number of aromatic nitrogens is 2. The summed E-state index contributed by atoms with van der Waals surface area (Å²) < 4.78 is 1.76. The minimum Gasteiger partial charge on any atom is -0.295 e. The van der Waals surface area contributed by atoms with Crippen molar-refractivity contribution in [3.05, 3.63) is 68.1 Å².